The van der Waals surface area contributed by atoms with Gasteiger partial charge in [-0.2, -0.15) is 0 Å². The van der Waals surface area contributed by atoms with E-state index in [1.807, 2.05) is 13.0 Å². The van der Waals surface area contributed by atoms with Crippen LogP contribution in [0.1, 0.15) is 5.56 Å². The summed E-state index contributed by atoms with van der Waals surface area (Å²) in [4.78, 5) is 26.5. The highest BCUT2D eigenvalue weighted by atomic mass is 35.5. The summed E-state index contributed by atoms with van der Waals surface area (Å²) >= 11 is 7.21. The molecule has 25 heavy (non-hydrogen) atoms. The first kappa shape index (κ1) is 16.9. The van der Waals surface area contributed by atoms with Crippen LogP contribution >= 0.6 is 22.9 Å². The number of urea groups is 1. The summed E-state index contributed by atoms with van der Waals surface area (Å²) in [6.45, 7) is 1.89. The number of carbonyl (C=O) groups is 1. The van der Waals surface area contributed by atoms with Gasteiger partial charge in [0.1, 0.15) is 0 Å². The monoisotopic (exact) mass is 377 g/mol. The lowest BCUT2D eigenvalue weighted by molar-refractivity contribution is -0.384. The molecular weight excluding hydrogens is 366 g/mol. The number of halogens is 1. The predicted octanol–water partition coefficient (Wildman–Crippen LogP) is 4.31. The molecule has 0 saturated carbocycles. The highest BCUT2D eigenvalue weighted by molar-refractivity contribution is 7.22. The zero-order valence-electron chi connectivity index (χ0n) is 12.9. The summed E-state index contributed by atoms with van der Waals surface area (Å²) in [6.07, 6.45) is 0. The molecule has 0 aliphatic carbocycles. The number of aromatic nitrogens is 1. The van der Waals surface area contributed by atoms with Gasteiger partial charge in [-0.3, -0.25) is 15.5 Å². The number of nitro benzene ring substituents is 1. The number of anilines is 2. The number of carbonyl (C=O) groups excluding carboxylic acids is 1. The van der Waals surface area contributed by atoms with Gasteiger partial charge >= 0.3 is 6.03 Å². The van der Waals surface area contributed by atoms with Crippen molar-refractivity contribution in [2.75, 3.05) is 10.7 Å². The number of hydrazine groups is 1. The maximum absolute atomic E-state index is 12.0. The Kier molecular flexibility index (Phi) is 4.68. The Labute approximate surface area is 150 Å². The second-order valence-electron chi connectivity index (χ2n) is 5.12. The standard InChI is InChI=1S/C15H12ClN5O3S/c1-8-2-4-10(16)12(6-8)17-14(22)19-20-15-18-11-5-3-9(21(23)24)7-13(11)25-15/h2-7H,1H3,(H,18,20)(H2,17,19,22). The normalized spacial score (nSPS) is 10.5. The average molecular weight is 378 g/mol. The van der Waals surface area contributed by atoms with Crippen molar-refractivity contribution in [1.82, 2.24) is 10.4 Å². The van der Waals surface area contributed by atoms with Crippen LogP contribution in [-0.2, 0) is 0 Å². The molecule has 1 aromatic heterocycles. The van der Waals surface area contributed by atoms with Crippen LogP contribution in [0.3, 0.4) is 0 Å². The van der Waals surface area contributed by atoms with Gasteiger partial charge in [0.05, 0.1) is 25.8 Å². The molecule has 3 aromatic rings. The molecule has 128 valence electrons. The van der Waals surface area contributed by atoms with Gasteiger partial charge in [0.2, 0.25) is 5.13 Å². The van der Waals surface area contributed by atoms with E-state index in [4.69, 9.17) is 11.6 Å². The van der Waals surface area contributed by atoms with E-state index < -0.39 is 11.0 Å². The highest BCUT2D eigenvalue weighted by Crippen LogP contribution is 2.28. The third kappa shape index (κ3) is 3.95. The number of non-ortho nitro benzene ring substituents is 1. The van der Waals surface area contributed by atoms with Crippen molar-refractivity contribution in [2.45, 2.75) is 6.92 Å². The number of nitrogens with zero attached hydrogens (tertiary/aromatic N) is 2. The van der Waals surface area contributed by atoms with Crippen molar-refractivity contribution in [2.24, 2.45) is 0 Å². The van der Waals surface area contributed by atoms with Crippen LogP contribution < -0.4 is 16.2 Å². The van der Waals surface area contributed by atoms with Gasteiger partial charge in [-0.15, -0.1) is 0 Å². The molecule has 0 saturated heterocycles. The van der Waals surface area contributed by atoms with E-state index in [0.717, 1.165) is 5.56 Å². The molecule has 0 aliphatic heterocycles. The lowest BCUT2D eigenvalue weighted by Crippen LogP contribution is -2.33. The fourth-order valence-corrected chi connectivity index (χ4v) is 3.10. The van der Waals surface area contributed by atoms with Crippen LogP contribution in [0.25, 0.3) is 10.2 Å². The van der Waals surface area contributed by atoms with E-state index in [0.29, 0.717) is 26.1 Å². The van der Waals surface area contributed by atoms with Gasteiger partial charge in [0, 0.05) is 12.1 Å². The number of benzene rings is 2. The molecule has 2 amide bonds. The van der Waals surface area contributed by atoms with Crippen LogP contribution in [-0.4, -0.2) is 15.9 Å². The summed E-state index contributed by atoms with van der Waals surface area (Å²) in [5.41, 5.74) is 7.15. The van der Waals surface area contributed by atoms with Crippen molar-refractivity contribution in [3.8, 4) is 0 Å². The topological polar surface area (TPSA) is 109 Å². The molecule has 0 unspecified atom stereocenters. The molecule has 0 spiro atoms. The average Bonchev–Trinajstić information content (AvgIpc) is 2.98. The molecule has 0 aliphatic rings. The number of aryl methyl sites for hydroxylation is 1. The van der Waals surface area contributed by atoms with E-state index in [-0.39, 0.29) is 5.69 Å². The minimum atomic E-state index is -0.516. The smallest absolute Gasteiger partial charge is 0.305 e. The molecule has 3 N–H and O–H groups in total. The van der Waals surface area contributed by atoms with Gasteiger partial charge in [0.15, 0.2) is 0 Å². The molecule has 1 heterocycles. The summed E-state index contributed by atoms with van der Waals surface area (Å²) < 4.78 is 0.639. The van der Waals surface area contributed by atoms with Crippen LogP contribution in [0.2, 0.25) is 5.02 Å². The first-order valence-corrected chi connectivity index (χ1v) is 8.26. The molecule has 0 fully saturated rings. The molecule has 3 rings (SSSR count). The van der Waals surface area contributed by atoms with Crippen molar-refractivity contribution < 1.29 is 9.72 Å². The Morgan fingerprint density at radius 3 is 2.84 bits per heavy atom. The zero-order chi connectivity index (χ0) is 18.0. The number of nitro groups is 1. The highest BCUT2D eigenvalue weighted by Gasteiger charge is 2.11. The lowest BCUT2D eigenvalue weighted by Gasteiger charge is -2.09. The first-order chi connectivity index (χ1) is 11.9. The van der Waals surface area contributed by atoms with Crippen molar-refractivity contribution in [1.29, 1.82) is 0 Å². The largest absolute Gasteiger partial charge is 0.337 e. The summed E-state index contributed by atoms with van der Waals surface area (Å²) in [5, 5.41) is 14.2. The third-order valence-electron chi connectivity index (χ3n) is 3.24. The molecule has 8 nitrogen and oxygen atoms in total. The van der Waals surface area contributed by atoms with Gasteiger partial charge in [0.25, 0.3) is 5.69 Å². The van der Waals surface area contributed by atoms with Crippen molar-refractivity contribution in [3.63, 3.8) is 0 Å². The van der Waals surface area contributed by atoms with Gasteiger partial charge in [-0.25, -0.2) is 15.2 Å². The first-order valence-electron chi connectivity index (χ1n) is 7.06. The third-order valence-corrected chi connectivity index (χ3v) is 4.50. The van der Waals surface area contributed by atoms with Crippen molar-refractivity contribution >= 4 is 55.7 Å². The van der Waals surface area contributed by atoms with Crippen molar-refractivity contribution in [3.05, 3.63) is 57.1 Å². The zero-order valence-corrected chi connectivity index (χ0v) is 14.4. The Hall–Kier alpha value is -2.91. The minimum absolute atomic E-state index is 0.0116. The number of rotatable bonds is 4. The minimum Gasteiger partial charge on any atom is -0.305 e. The molecule has 0 atom stereocenters. The maximum Gasteiger partial charge on any atom is 0.337 e. The van der Waals surface area contributed by atoms with Gasteiger partial charge in [-0.05, 0) is 30.7 Å². The van der Waals surface area contributed by atoms with Crippen LogP contribution in [0.4, 0.5) is 21.3 Å². The number of nitrogens with one attached hydrogen (secondary N) is 3. The van der Waals surface area contributed by atoms with E-state index in [1.165, 1.54) is 23.5 Å². The Morgan fingerprint density at radius 2 is 2.08 bits per heavy atom. The predicted molar refractivity (Wildman–Crippen MR) is 98.2 cm³/mol. The maximum atomic E-state index is 12.0. The van der Waals surface area contributed by atoms with E-state index in [1.54, 1.807) is 18.2 Å². The van der Waals surface area contributed by atoms with Gasteiger partial charge in [-0.1, -0.05) is 29.0 Å². The summed E-state index contributed by atoms with van der Waals surface area (Å²) in [5.74, 6) is 0. The SMILES string of the molecule is Cc1ccc(Cl)c(NC(=O)NNc2nc3ccc([N+](=O)[O-])cc3s2)c1. The quantitative estimate of drug-likeness (QED) is 0.463. The number of fused-ring (bicyclic) bond motifs is 1. The Morgan fingerprint density at radius 1 is 1.28 bits per heavy atom. The second kappa shape index (κ2) is 6.91. The molecule has 10 heteroatoms. The Balaban J connectivity index is 1.66. The number of hydrogen-bond donors (Lipinski definition) is 3. The molecule has 0 radical (unpaired) electrons. The van der Waals surface area contributed by atoms with E-state index in [9.17, 15) is 14.9 Å². The van der Waals surface area contributed by atoms with E-state index >= 15 is 0 Å². The molecular formula is C15H12ClN5O3S. The second-order valence-corrected chi connectivity index (χ2v) is 6.55. The number of hydrogen-bond acceptors (Lipinski definition) is 6. The Bertz CT molecular complexity index is 975. The fourth-order valence-electron chi connectivity index (χ4n) is 2.08. The van der Waals surface area contributed by atoms with Crippen LogP contribution in [0.15, 0.2) is 36.4 Å². The molecule has 0 bridgehead atoms. The fraction of sp³-hybridized carbons (Fsp3) is 0.0667. The number of amides is 2. The van der Waals surface area contributed by atoms with Crippen LogP contribution in [0, 0.1) is 17.0 Å². The van der Waals surface area contributed by atoms with E-state index in [2.05, 4.69) is 21.2 Å². The molecule has 2 aromatic carbocycles. The van der Waals surface area contributed by atoms with Crippen LogP contribution in [0.5, 0.6) is 0 Å². The summed E-state index contributed by atoms with van der Waals surface area (Å²) in [6, 6.07) is 9.14. The number of thiazole rings is 1. The summed E-state index contributed by atoms with van der Waals surface area (Å²) in [7, 11) is 0. The lowest BCUT2D eigenvalue weighted by atomic mass is 10.2. The van der Waals surface area contributed by atoms with Gasteiger partial charge < -0.3 is 5.32 Å².